The Balaban J connectivity index is 2.69. The largest absolute Gasteiger partial charge is 0.465 e. The number of amides is 1. The molecule has 0 N–H and O–H groups in total. The van der Waals surface area contributed by atoms with E-state index in [1.165, 1.54) is 14.2 Å². The zero-order valence-electron chi connectivity index (χ0n) is 10.1. The lowest BCUT2D eigenvalue weighted by atomic mass is 10.1. The summed E-state index contributed by atoms with van der Waals surface area (Å²) in [7, 11) is 4.30. The van der Waals surface area contributed by atoms with E-state index >= 15 is 0 Å². The SMILES string of the molecule is COC(=O)c1ccc(CC(=O)N(C)OC)cc1. The smallest absolute Gasteiger partial charge is 0.337 e. The minimum atomic E-state index is -0.392. The summed E-state index contributed by atoms with van der Waals surface area (Å²) in [5.41, 5.74) is 1.27. The van der Waals surface area contributed by atoms with Gasteiger partial charge < -0.3 is 4.74 Å². The Bertz CT molecular complexity index is 399. The standard InChI is InChI=1S/C12H15NO4/c1-13(17-3)11(14)8-9-4-6-10(7-5-9)12(15)16-2/h4-7H,8H2,1-3H3. The summed E-state index contributed by atoms with van der Waals surface area (Å²) in [4.78, 5) is 27.5. The lowest BCUT2D eigenvalue weighted by Gasteiger charge is -2.13. The lowest BCUT2D eigenvalue weighted by Crippen LogP contribution is -2.26. The number of ether oxygens (including phenoxy) is 1. The van der Waals surface area contributed by atoms with Gasteiger partial charge in [-0.1, -0.05) is 12.1 Å². The fourth-order valence-electron chi connectivity index (χ4n) is 1.26. The highest BCUT2D eigenvalue weighted by molar-refractivity contribution is 5.89. The van der Waals surface area contributed by atoms with Crippen molar-refractivity contribution in [3.63, 3.8) is 0 Å². The normalized spacial score (nSPS) is 9.82. The third kappa shape index (κ3) is 3.57. The predicted molar refractivity (Wildman–Crippen MR) is 61.3 cm³/mol. The monoisotopic (exact) mass is 237 g/mol. The van der Waals surface area contributed by atoms with Crippen molar-refractivity contribution >= 4 is 11.9 Å². The fourth-order valence-corrected chi connectivity index (χ4v) is 1.26. The first-order valence-corrected chi connectivity index (χ1v) is 5.06. The molecule has 0 heterocycles. The molecule has 5 heteroatoms. The number of hydrogen-bond acceptors (Lipinski definition) is 4. The quantitative estimate of drug-likeness (QED) is 0.580. The molecule has 0 spiro atoms. The fraction of sp³-hybridized carbons (Fsp3) is 0.333. The molecule has 17 heavy (non-hydrogen) atoms. The van der Waals surface area contributed by atoms with E-state index < -0.39 is 5.97 Å². The van der Waals surface area contributed by atoms with Gasteiger partial charge in [0, 0.05) is 7.05 Å². The van der Waals surface area contributed by atoms with Crippen molar-refractivity contribution < 1.29 is 19.2 Å². The van der Waals surface area contributed by atoms with E-state index in [-0.39, 0.29) is 12.3 Å². The van der Waals surface area contributed by atoms with Crippen LogP contribution in [0.15, 0.2) is 24.3 Å². The van der Waals surface area contributed by atoms with Crippen LogP contribution in [0.5, 0.6) is 0 Å². The number of benzene rings is 1. The average Bonchev–Trinajstić information content (AvgIpc) is 2.37. The van der Waals surface area contributed by atoms with Gasteiger partial charge >= 0.3 is 5.97 Å². The molecule has 0 aliphatic carbocycles. The number of hydrogen-bond donors (Lipinski definition) is 0. The second-order valence-electron chi connectivity index (χ2n) is 3.44. The number of carbonyl (C=O) groups excluding carboxylic acids is 2. The average molecular weight is 237 g/mol. The first-order valence-electron chi connectivity index (χ1n) is 5.06. The zero-order chi connectivity index (χ0) is 12.8. The van der Waals surface area contributed by atoms with Gasteiger partial charge in [-0.2, -0.15) is 0 Å². The topological polar surface area (TPSA) is 55.8 Å². The van der Waals surface area contributed by atoms with Crippen molar-refractivity contribution in [1.29, 1.82) is 0 Å². The molecule has 1 rings (SSSR count). The minimum absolute atomic E-state index is 0.154. The third-order valence-corrected chi connectivity index (χ3v) is 2.36. The molecule has 0 aromatic heterocycles. The molecule has 0 aliphatic rings. The summed E-state index contributed by atoms with van der Waals surface area (Å²) in [6.07, 6.45) is 0.228. The Morgan fingerprint density at radius 3 is 2.24 bits per heavy atom. The second-order valence-corrected chi connectivity index (χ2v) is 3.44. The zero-order valence-corrected chi connectivity index (χ0v) is 10.1. The molecule has 0 radical (unpaired) electrons. The second kappa shape index (κ2) is 6.00. The maximum Gasteiger partial charge on any atom is 0.337 e. The Morgan fingerprint density at radius 1 is 1.18 bits per heavy atom. The van der Waals surface area contributed by atoms with Gasteiger partial charge in [0.2, 0.25) is 5.91 Å². The number of nitrogens with zero attached hydrogens (tertiary/aromatic N) is 1. The summed E-state index contributed by atoms with van der Waals surface area (Å²) in [6, 6.07) is 6.68. The number of rotatable bonds is 4. The number of likely N-dealkylation sites (N-methyl/N-ethyl adjacent to an activating group) is 1. The minimum Gasteiger partial charge on any atom is -0.465 e. The molecule has 1 aromatic carbocycles. The van der Waals surface area contributed by atoms with Crippen molar-refractivity contribution in [1.82, 2.24) is 5.06 Å². The van der Waals surface area contributed by atoms with E-state index in [0.717, 1.165) is 10.6 Å². The van der Waals surface area contributed by atoms with Crippen LogP contribution >= 0.6 is 0 Å². The summed E-state index contributed by atoms with van der Waals surface area (Å²) in [5, 5.41) is 1.16. The highest BCUT2D eigenvalue weighted by Gasteiger charge is 2.10. The van der Waals surface area contributed by atoms with Crippen LogP contribution < -0.4 is 0 Å². The molecule has 5 nitrogen and oxygen atoms in total. The van der Waals surface area contributed by atoms with Crippen molar-refractivity contribution in [3.8, 4) is 0 Å². The lowest BCUT2D eigenvalue weighted by molar-refractivity contribution is -0.167. The van der Waals surface area contributed by atoms with Crippen LogP contribution in [0, 0.1) is 0 Å². The van der Waals surface area contributed by atoms with E-state index in [4.69, 9.17) is 4.84 Å². The van der Waals surface area contributed by atoms with Crippen molar-refractivity contribution in [2.24, 2.45) is 0 Å². The van der Waals surface area contributed by atoms with Crippen LogP contribution in [0.4, 0.5) is 0 Å². The van der Waals surface area contributed by atoms with Gasteiger partial charge in [0.1, 0.15) is 0 Å². The van der Waals surface area contributed by atoms with Gasteiger partial charge in [-0.05, 0) is 17.7 Å². The molecular formula is C12H15NO4. The molecular weight excluding hydrogens is 222 g/mol. The van der Waals surface area contributed by atoms with E-state index in [9.17, 15) is 9.59 Å². The summed E-state index contributed by atoms with van der Waals surface area (Å²) >= 11 is 0. The van der Waals surface area contributed by atoms with Crippen LogP contribution in [0.3, 0.4) is 0 Å². The highest BCUT2D eigenvalue weighted by atomic mass is 16.7. The molecule has 0 bridgehead atoms. The van der Waals surface area contributed by atoms with Crippen molar-refractivity contribution in [3.05, 3.63) is 35.4 Å². The van der Waals surface area contributed by atoms with Gasteiger partial charge in [0.25, 0.3) is 0 Å². The number of hydroxylamine groups is 2. The maximum atomic E-state index is 11.5. The number of methoxy groups -OCH3 is 1. The van der Waals surface area contributed by atoms with Crippen LogP contribution in [0.25, 0.3) is 0 Å². The van der Waals surface area contributed by atoms with Crippen molar-refractivity contribution in [2.75, 3.05) is 21.3 Å². The first kappa shape index (κ1) is 13.2. The van der Waals surface area contributed by atoms with E-state index in [0.29, 0.717) is 5.56 Å². The van der Waals surface area contributed by atoms with Gasteiger partial charge in [0.15, 0.2) is 0 Å². The molecule has 1 aromatic rings. The predicted octanol–water partition coefficient (Wildman–Crippen LogP) is 1.04. The maximum absolute atomic E-state index is 11.5. The van der Waals surface area contributed by atoms with Crippen LogP contribution in [-0.2, 0) is 20.8 Å². The Labute approximate surface area is 99.9 Å². The molecule has 0 saturated heterocycles. The Hall–Kier alpha value is -1.88. The van der Waals surface area contributed by atoms with Crippen LogP contribution in [0.2, 0.25) is 0 Å². The number of esters is 1. The first-order chi connectivity index (χ1) is 8.08. The molecule has 0 unspecified atom stereocenters. The van der Waals surface area contributed by atoms with Gasteiger partial charge in [0.05, 0.1) is 26.2 Å². The molecule has 0 saturated carbocycles. The molecule has 1 amide bonds. The Kier molecular flexibility index (Phi) is 4.66. The van der Waals surface area contributed by atoms with Gasteiger partial charge in [-0.15, -0.1) is 0 Å². The van der Waals surface area contributed by atoms with Crippen LogP contribution in [0.1, 0.15) is 15.9 Å². The van der Waals surface area contributed by atoms with Gasteiger partial charge in [-0.3, -0.25) is 9.63 Å². The van der Waals surface area contributed by atoms with Crippen molar-refractivity contribution in [2.45, 2.75) is 6.42 Å². The van der Waals surface area contributed by atoms with E-state index in [2.05, 4.69) is 4.74 Å². The molecule has 0 aliphatic heterocycles. The van der Waals surface area contributed by atoms with Gasteiger partial charge in [-0.25, -0.2) is 9.86 Å². The summed E-state index contributed by atoms with van der Waals surface area (Å²) < 4.78 is 4.58. The molecule has 0 fully saturated rings. The summed E-state index contributed by atoms with van der Waals surface area (Å²) in [5.74, 6) is -0.546. The van der Waals surface area contributed by atoms with E-state index in [1.807, 2.05) is 0 Å². The Morgan fingerprint density at radius 2 is 1.76 bits per heavy atom. The van der Waals surface area contributed by atoms with Crippen LogP contribution in [-0.4, -0.2) is 38.2 Å². The number of carbonyl (C=O) groups is 2. The molecule has 92 valence electrons. The third-order valence-electron chi connectivity index (χ3n) is 2.36. The van der Waals surface area contributed by atoms with E-state index in [1.54, 1.807) is 31.3 Å². The molecule has 0 atom stereocenters. The highest BCUT2D eigenvalue weighted by Crippen LogP contribution is 2.07. The summed E-state index contributed by atoms with van der Waals surface area (Å²) in [6.45, 7) is 0.